The van der Waals surface area contributed by atoms with Gasteiger partial charge in [0.05, 0.1) is 15.9 Å². The Morgan fingerprint density at radius 2 is 2.25 bits per heavy atom. The Kier molecular flexibility index (Phi) is 5.86. The lowest BCUT2D eigenvalue weighted by atomic mass is 10.2. The Bertz CT molecular complexity index is 338. The Labute approximate surface area is 110 Å². The molecule has 0 radical (unpaired) electrons. The van der Waals surface area contributed by atoms with Crippen LogP contribution in [0, 0.1) is 6.92 Å². The van der Waals surface area contributed by atoms with Crippen LogP contribution in [0.15, 0.2) is 4.47 Å². The average molecular weight is 306 g/mol. The first-order valence-corrected chi connectivity index (χ1v) is 7.65. The molecule has 0 aliphatic rings. The van der Waals surface area contributed by atoms with Gasteiger partial charge in [0.2, 0.25) is 0 Å². The number of aryl methyl sites for hydroxylation is 2. The van der Waals surface area contributed by atoms with Crippen molar-refractivity contribution < 1.29 is 0 Å². The standard InChI is InChI=1S/C11H20BrN3S/c1-8(5-6-16-4)13-7-10-11(12)9(2)14-15(10)3/h8,13H,5-7H2,1-4H3. The fourth-order valence-corrected chi connectivity index (χ4v) is 2.61. The van der Waals surface area contributed by atoms with Gasteiger partial charge in [-0.2, -0.15) is 16.9 Å². The van der Waals surface area contributed by atoms with E-state index in [4.69, 9.17) is 0 Å². The second-order valence-corrected chi connectivity index (χ2v) is 5.81. The molecule has 0 amide bonds. The number of hydrogen-bond acceptors (Lipinski definition) is 3. The first-order chi connectivity index (χ1) is 7.56. The third kappa shape index (κ3) is 3.79. The first-order valence-electron chi connectivity index (χ1n) is 5.46. The molecule has 1 aromatic heterocycles. The van der Waals surface area contributed by atoms with Crippen molar-refractivity contribution in [2.75, 3.05) is 12.0 Å². The highest BCUT2D eigenvalue weighted by Gasteiger charge is 2.11. The van der Waals surface area contributed by atoms with Crippen molar-refractivity contribution >= 4 is 27.7 Å². The lowest BCUT2D eigenvalue weighted by Gasteiger charge is -2.13. The lowest BCUT2D eigenvalue weighted by molar-refractivity contribution is 0.518. The molecule has 1 heterocycles. The second kappa shape index (κ2) is 6.67. The van der Waals surface area contributed by atoms with Crippen LogP contribution in [0.2, 0.25) is 0 Å². The molecule has 16 heavy (non-hydrogen) atoms. The SMILES string of the molecule is CSCCC(C)NCc1c(Br)c(C)nn1C. The van der Waals surface area contributed by atoms with Gasteiger partial charge in [-0.1, -0.05) is 0 Å². The van der Waals surface area contributed by atoms with Crippen molar-refractivity contribution in [3.8, 4) is 0 Å². The summed E-state index contributed by atoms with van der Waals surface area (Å²) < 4.78 is 3.06. The monoisotopic (exact) mass is 305 g/mol. The Balaban J connectivity index is 2.48. The van der Waals surface area contributed by atoms with Crippen molar-refractivity contribution in [1.29, 1.82) is 0 Å². The van der Waals surface area contributed by atoms with Crippen molar-refractivity contribution in [3.63, 3.8) is 0 Å². The van der Waals surface area contributed by atoms with E-state index in [0.29, 0.717) is 6.04 Å². The van der Waals surface area contributed by atoms with Crippen LogP contribution >= 0.6 is 27.7 Å². The van der Waals surface area contributed by atoms with E-state index in [1.54, 1.807) is 0 Å². The molecule has 0 aromatic carbocycles. The largest absolute Gasteiger partial charge is 0.309 e. The summed E-state index contributed by atoms with van der Waals surface area (Å²) in [7, 11) is 1.99. The molecule has 92 valence electrons. The normalized spacial score (nSPS) is 13.1. The molecule has 1 rings (SSSR count). The van der Waals surface area contributed by atoms with Gasteiger partial charge in [-0.25, -0.2) is 0 Å². The third-order valence-electron chi connectivity index (χ3n) is 2.63. The minimum Gasteiger partial charge on any atom is -0.309 e. The maximum atomic E-state index is 4.38. The predicted molar refractivity (Wildman–Crippen MR) is 74.9 cm³/mol. The molecule has 0 aliphatic carbocycles. The molecule has 0 spiro atoms. The minimum absolute atomic E-state index is 0.551. The zero-order valence-electron chi connectivity index (χ0n) is 10.4. The number of nitrogens with zero attached hydrogens (tertiary/aromatic N) is 2. The summed E-state index contributed by atoms with van der Waals surface area (Å²) in [6.07, 6.45) is 3.35. The molecule has 1 aromatic rings. The molecule has 3 nitrogen and oxygen atoms in total. The molecule has 1 atom stereocenters. The van der Waals surface area contributed by atoms with Crippen LogP contribution < -0.4 is 5.32 Å². The molecule has 0 saturated carbocycles. The number of rotatable bonds is 6. The van der Waals surface area contributed by atoms with Crippen molar-refractivity contribution in [2.24, 2.45) is 7.05 Å². The van der Waals surface area contributed by atoms with Crippen molar-refractivity contribution in [1.82, 2.24) is 15.1 Å². The van der Waals surface area contributed by atoms with Gasteiger partial charge in [0.15, 0.2) is 0 Å². The summed E-state index contributed by atoms with van der Waals surface area (Å²) in [5.74, 6) is 1.21. The van der Waals surface area contributed by atoms with E-state index in [2.05, 4.69) is 39.5 Å². The van der Waals surface area contributed by atoms with Crippen LogP contribution in [-0.4, -0.2) is 27.8 Å². The van der Waals surface area contributed by atoms with Gasteiger partial charge in [-0.05, 0) is 48.2 Å². The van der Waals surface area contributed by atoms with Crippen LogP contribution in [0.1, 0.15) is 24.7 Å². The van der Waals surface area contributed by atoms with Gasteiger partial charge in [0, 0.05) is 19.6 Å². The van der Waals surface area contributed by atoms with Crippen molar-refractivity contribution in [2.45, 2.75) is 32.9 Å². The zero-order chi connectivity index (χ0) is 12.1. The van der Waals surface area contributed by atoms with E-state index in [1.165, 1.54) is 17.9 Å². The molecular weight excluding hydrogens is 286 g/mol. The number of nitrogens with one attached hydrogen (secondary N) is 1. The molecule has 0 bridgehead atoms. The summed E-state index contributed by atoms with van der Waals surface area (Å²) in [4.78, 5) is 0. The van der Waals surface area contributed by atoms with Gasteiger partial charge < -0.3 is 5.32 Å². The molecule has 0 aliphatic heterocycles. The second-order valence-electron chi connectivity index (χ2n) is 4.03. The van der Waals surface area contributed by atoms with Crippen LogP contribution in [0.3, 0.4) is 0 Å². The van der Waals surface area contributed by atoms with Gasteiger partial charge in [-0.3, -0.25) is 4.68 Å². The van der Waals surface area contributed by atoms with E-state index < -0.39 is 0 Å². The summed E-state index contributed by atoms with van der Waals surface area (Å²) in [5, 5.41) is 7.90. The molecular formula is C11H20BrN3S. The summed E-state index contributed by atoms with van der Waals surface area (Å²) in [5.41, 5.74) is 2.27. The van der Waals surface area contributed by atoms with Crippen LogP contribution in [0.5, 0.6) is 0 Å². The van der Waals surface area contributed by atoms with Gasteiger partial charge >= 0.3 is 0 Å². The fraction of sp³-hybridized carbons (Fsp3) is 0.727. The van der Waals surface area contributed by atoms with E-state index in [0.717, 1.165) is 16.7 Å². The number of hydrogen-bond donors (Lipinski definition) is 1. The number of halogens is 1. The predicted octanol–water partition coefficient (Wildman–Crippen LogP) is 2.72. The zero-order valence-corrected chi connectivity index (χ0v) is 12.8. The minimum atomic E-state index is 0.551. The summed E-state index contributed by atoms with van der Waals surface area (Å²) in [6.45, 7) is 5.12. The topological polar surface area (TPSA) is 29.9 Å². The summed E-state index contributed by atoms with van der Waals surface area (Å²) in [6, 6.07) is 0.551. The molecule has 1 N–H and O–H groups in total. The maximum Gasteiger partial charge on any atom is 0.0739 e. The Morgan fingerprint density at radius 1 is 1.56 bits per heavy atom. The van der Waals surface area contributed by atoms with Gasteiger partial charge in [0.1, 0.15) is 0 Å². The van der Waals surface area contributed by atoms with E-state index in [-0.39, 0.29) is 0 Å². The number of aromatic nitrogens is 2. The van der Waals surface area contributed by atoms with Gasteiger partial charge in [0.25, 0.3) is 0 Å². The molecule has 0 fully saturated rings. The highest BCUT2D eigenvalue weighted by Crippen LogP contribution is 2.20. The Hall–Kier alpha value is 0. The smallest absolute Gasteiger partial charge is 0.0739 e. The van der Waals surface area contributed by atoms with Crippen molar-refractivity contribution in [3.05, 3.63) is 15.9 Å². The maximum absolute atomic E-state index is 4.38. The first kappa shape index (κ1) is 14.1. The van der Waals surface area contributed by atoms with Crippen LogP contribution in [-0.2, 0) is 13.6 Å². The van der Waals surface area contributed by atoms with E-state index >= 15 is 0 Å². The van der Waals surface area contributed by atoms with E-state index in [9.17, 15) is 0 Å². The molecule has 1 unspecified atom stereocenters. The van der Waals surface area contributed by atoms with Gasteiger partial charge in [-0.15, -0.1) is 0 Å². The van der Waals surface area contributed by atoms with Crippen LogP contribution in [0.25, 0.3) is 0 Å². The summed E-state index contributed by atoms with van der Waals surface area (Å²) >= 11 is 5.47. The van der Waals surface area contributed by atoms with Crippen LogP contribution in [0.4, 0.5) is 0 Å². The average Bonchev–Trinajstić information content (AvgIpc) is 2.48. The quantitative estimate of drug-likeness (QED) is 0.876. The molecule has 5 heteroatoms. The lowest BCUT2D eigenvalue weighted by Crippen LogP contribution is -2.27. The Morgan fingerprint density at radius 3 is 2.75 bits per heavy atom. The fourth-order valence-electron chi connectivity index (χ4n) is 1.54. The highest BCUT2D eigenvalue weighted by atomic mass is 79.9. The third-order valence-corrected chi connectivity index (χ3v) is 4.31. The molecule has 0 saturated heterocycles. The highest BCUT2D eigenvalue weighted by molar-refractivity contribution is 9.10. The van der Waals surface area contributed by atoms with E-state index in [1.807, 2.05) is 30.4 Å². The number of thioether (sulfide) groups is 1.